The minimum atomic E-state index is -0.224. The number of rotatable bonds is 2. The van der Waals surface area contributed by atoms with Crippen molar-refractivity contribution < 1.29 is 13.9 Å². The van der Waals surface area contributed by atoms with Gasteiger partial charge in [0.15, 0.2) is 0 Å². The molecule has 1 aliphatic heterocycles. The number of ether oxygens (including phenoxy) is 1. The molecule has 94 valence electrons. The Balaban J connectivity index is 2.05. The zero-order valence-corrected chi connectivity index (χ0v) is 11.2. The molecule has 0 aliphatic carbocycles. The van der Waals surface area contributed by atoms with Crippen LogP contribution in [-0.2, 0) is 14.9 Å². The lowest BCUT2D eigenvalue weighted by molar-refractivity contribution is -0.140. The number of aromatic nitrogens is 2. The monoisotopic (exact) mass is 256 g/mol. The van der Waals surface area contributed by atoms with Gasteiger partial charge in [0, 0.05) is 11.8 Å². The van der Waals surface area contributed by atoms with Crippen LogP contribution in [0, 0.1) is 0 Å². The molecule has 2 heterocycles. The zero-order valence-electron chi connectivity index (χ0n) is 10.4. The molecular formula is C11H16N2O3S. The van der Waals surface area contributed by atoms with E-state index in [2.05, 4.69) is 10.2 Å². The van der Waals surface area contributed by atoms with Crippen molar-refractivity contribution in [3.05, 3.63) is 5.89 Å². The molecule has 0 N–H and O–H groups in total. The summed E-state index contributed by atoms with van der Waals surface area (Å²) in [5.74, 6) is 0.387. The van der Waals surface area contributed by atoms with Gasteiger partial charge in [-0.2, -0.15) is 0 Å². The highest BCUT2D eigenvalue weighted by Gasteiger charge is 2.34. The Hall–Kier alpha value is -1.04. The topological polar surface area (TPSA) is 65.2 Å². The maximum Gasteiger partial charge on any atom is 0.320 e. The molecule has 6 heteroatoms. The lowest BCUT2D eigenvalue weighted by Crippen LogP contribution is -2.11. The van der Waals surface area contributed by atoms with E-state index in [9.17, 15) is 4.79 Å². The average molecular weight is 256 g/mol. The molecule has 1 aromatic heterocycles. The number of nitrogens with zero attached hydrogens (tertiary/aromatic N) is 2. The third-order valence-electron chi connectivity index (χ3n) is 2.42. The van der Waals surface area contributed by atoms with Gasteiger partial charge >= 0.3 is 5.97 Å². The van der Waals surface area contributed by atoms with E-state index in [0.717, 1.165) is 0 Å². The van der Waals surface area contributed by atoms with E-state index in [4.69, 9.17) is 9.15 Å². The molecule has 0 amide bonds. The summed E-state index contributed by atoms with van der Waals surface area (Å²) >= 11 is 1.29. The largest absolute Gasteiger partial charge is 0.462 e. The highest BCUT2D eigenvalue weighted by molar-refractivity contribution is 8.00. The van der Waals surface area contributed by atoms with Gasteiger partial charge in [-0.05, 0) is 18.7 Å². The predicted molar refractivity (Wildman–Crippen MR) is 62.8 cm³/mol. The SMILES string of the molecule is C[C@H]1C[C@H](Sc2nnc(C(C)(C)C)o2)C(=O)O1. The minimum absolute atomic E-state index is 0.0231. The van der Waals surface area contributed by atoms with E-state index in [1.807, 2.05) is 27.7 Å². The summed E-state index contributed by atoms with van der Waals surface area (Å²) < 4.78 is 10.6. The van der Waals surface area contributed by atoms with Crippen LogP contribution < -0.4 is 0 Å². The number of carbonyl (C=O) groups excluding carboxylic acids is 1. The molecule has 5 nitrogen and oxygen atoms in total. The van der Waals surface area contributed by atoms with Crippen molar-refractivity contribution >= 4 is 17.7 Å². The summed E-state index contributed by atoms with van der Waals surface area (Å²) in [6.07, 6.45) is 0.668. The number of hydrogen-bond acceptors (Lipinski definition) is 6. The molecule has 1 aliphatic rings. The van der Waals surface area contributed by atoms with Crippen molar-refractivity contribution in [2.24, 2.45) is 0 Å². The number of esters is 1. The van der Waals surface area contributed by atoms with Crippen LogP contribution >= 0.6 is 11.8 Å². The van der Waals surface area contributed by atoms with Crippen LogP contribution in [0.25, 0.3) is 0 Å². The van der Waals surface area contributed by atoms with Crippen molar-refractivity contribution in [2.75, 3.05) is 0 Å². The predicted octanol–water partition coefficient (Wildman–Crippen LogP) is 2.16. The smallest absolute Gasteiger partial charge is 0.320 e. The van der Waals surface area contributed by atoms with E-state index in [0.29, 0.717) is 17.5 Å². The summed E-state index contributed by atoms with van der Waals surface area (Å²) in [6, 6.07) is 0. The maximum absolute atomic E-state index is 11.5. The van der Waals surface area contributed by atoms with Crippen molar-refractivity contribution in [1.29, 1.82) is 0 Å². The Morgan fingerprint density at radius 2 is 2.06 bits per heavy atom. The molecule has 0 aromatic carbocycles. The molecule has 0 radical (unpaired) electrons. The molecule has 2 atom stereocenters. The van der Waals surface area contributed by atoms with Gasteiger partial charge in [-0.1, -0.05) is 20.8 Å². The van der Waals surface area contributed by atoms with Gasteiger partial charge in [0.05, 0.1) is 0 Å². The third-order valence-corrected chi connectivity index (χ3v) is 3.45. The molecule has 1 saturated heterocycles. The van der Waals surface area contributed by atoms with E-state index >= 15 is 0 Å². The molecule has 1 aromatic rings. The molecule has 0 unspecified atom stereocenters. The van der Waals surface area contributed by atoms with Gasteiger partial charge in [-0.15, -0.1) is 10.2 Å². The molecule has 0 saturated carbocycles. The number of thioether (sulfide) groups is 1. The summed E-state index contributed by atoms with van der Waals surface area (Å²) in [7, 11) is 0. The first-order valence-corrected chi connectivity index (χ1v) is 6.45. The van der Waals surface area contributed by atoms with Crippen LogP contribution in [-0.4, -0.2) is 27.5 Å². The quantitative estimate of drug-likeness (QED) is 0.755. The Kier molecular flexibility index (Phi) is 3.16. The summed E-state index contributed by atoms with van der Waals surface area (Å²) in [5.41, 5.74) is -0.171. The van der Waals surface area contributed by atoms with Gasteiger partial charge in [-0.3, -0.25) is 4.79 Å². The fraction of sp³-hybridized carbons (Fsp3) is 0.727. The lowest BCUT2D eigenvalue weighted by Gasteiger charge is -2.10. The van der Waals surface area contributed by atoms with E-state index in [1.165, 1.54) is 11.8 Å². The standard InChI is InChI=1S/C11H16N2O3S/c1-6-5-7(8(14)15-6)17-10-13-12-9(16-10)11(2,3)4/h6-7H,5H2,1-4H3/t6-,7-/m0/s1. The van der Waals surface area contributed by atoms with E-state index < -0.39 is 0 Å². The Labute approximate surface area is 104 Å². The highest BCUT2D eigenvalue weighted by atomic mass is 32.2. The van der Waals surface area contributed by atoms with Gasteiger partial charge < -0.3 is 9.15 Å². The zero-order chi connectivity index (χ0) is 12.6. The molecular weight excluding hydrogens is 240 g/mol. The molecule has 0 bridgehead atoms. The fourth-order valence-electron chi connectivity index (χ4n) is 1.50. The Bertz CT molecular complexity index is 425. The second kappa shape index (κ2) is 4.33. The van der Waals surface area contributed by atoms with Crippen molar-refractivity contribution in [3.8, 4) is 0 Å². The second-order valence-electron chi connectivity index (χ2n) is 5.21. The third kappa shape index (κ3) is 2.80. The minimum Gasteiger partial charge on any atom is -0.462 e. The van der Waals surface area contributed by atoms with Crippen molar-refractivity contribution in [3.63, 3.8) is 0 Å². The van der Waals surface area contributed by atoms with Gasteiger partial charge in [0.25, 0.3) is 5.22 Å². The van der Waals surface area contributed by atoms with Crippen molar-refractivity contribution in [1.82, 2.24) is 10.2 Å². The highest BCUT2D eigenvalue weighted by Crippen LogP contribution is 2.32. The first kappa shape index (κ1) is 12.4. The fourth-order valence-corrected chi connectivity index (χ4v) is 2.48. The van der Waals surface area contributed by atoms with Gasteiger partial charge in [-0.25, -0.2) is 0 Å². The van der Waals surface area contributed by atoms with Crippen molar-refractivity contribution in [2.45, 2.75) is 56.1 Å². The first-order chi connectivity index (χ1) is 7.86. The number of hydrogen-bond donors (Lipinski definition) is 0. The van der Waals surface area contributed by atoms with Crippen LogP contribution in [0.4, 0.5) is 0 Å². The lowest BCUT2D eigenvalue weighted by atomic mass is 9.97. The first-order valence-electron chi connectivity index (χ1n) is 5.57. The Morgan fingerprint density at radius 3 is 2.53 bits per heavy atom. The summed E-state index contributed by atoms with van der Waals surface area (Å²) in [6.45, 7) is 7.88. The molecule has 17 heavy (non-hydrogen) atoms. The van der Waals surface area contributed by atoms with Crippen LogP contribution in [0.1, 0.15) is 40.0 Å². The van der Waals surface area contributed by atoms with Gasteiger partial charge in [0.1, 0.15) is 11.4 Å². The van der Waals surface area contributed by atoms with Crippen LogP contribution in [0.5, 0.6) is 0 Å². The molecule has 0 spiro atoms. The average Bonchev–Trinajstić information content (AvgIpc) is 2.74. The second-order valence-corrected chi connectivity index (χ2v) is 6.37. The van der Waals surface area contributed by atoms with Gasteiger partial charge in [0.2, 0.25) is 5.89 Å². The molecule has 1 fully saturated rings. The van der Waals surface area contributed by atoms with Crippen LogP contribution in [0.3, 0.4) is 0 Å². The Morgan fingerprint density at radius 1 is 1.35 bits per heavy atom. The molecule has 2 rings (SSSR count). The van der Waals surface area contributed by atoms with Crippen LogP contribution in [0.2, 0.25) is 0 Å². The van der Waals surface area contributed by atoms with Crippen LogP contribution in [0.15, 0.2) is 9.64 Å². The van der Waals surface area contributed by atoms with E-state index in [1.54, 1.807) is 0 Å². The maximum atomic E-state index is 11.5. The number of carbonyl (C=O) groups is 1. The van der Waals surface area contributed by atoms with E-state index in [-0.39, 0.29) is 22.7 Å². The normalized spacial score (nSPS) is 25.1. The summed E-state index contributed by atoms with van der Waals surface area (Å²) in [5, 5.41) is 8.14. The number of cyclic esters (lactones) is 1. The summed E-state index contributed by atoms with van der Waals surface area (Å²) in [4.78, 5) is 11.5.